The Bertz CT molecular complexity index is 929. The minimum Gasteiger partial charge on any atom is -0.478 e. The topological polar surface area (TPSA) is 71.1 Å². The van der Waals surface area contributed by atoms with E-state index < -0.39 is 29.8 Å². The van der Waals surface area contributed by atoms with E-state index >= 15 is 0 Å². The lowest BCUT2D eigenvalue weighted by Gasteiger charge is -2.17. The molecule has 0 saturated carbocycles. The summed E-state index contributed by atoms with van der Waals surface area (Å²) in [5, 5.41) is -0.260. The van der Waals surface area contributed by atoms with Gasteiger partial charge in [-0.2, -0.15) is 13.2 Å². The van der Waals surface area contributed by atoms with Crippen molar-refractivity contribution in [3.8, 4) is 17.2 Å². The summed E-state index contributed by atoms with van der Waals surface area (Å²) in [6.45, 7) is 3.21. The van der Waals surface area contributed by atoms with Gasteiger partial charge in [-0.1, -0.05) is 11.6 Å². The number of carbonyl (C=O) groups excluding carboxylic acids is 2. The third-order valence-electron chi connectivity index (χ3n) is 3.77. The predicted molar refractivity (Wildman–Crippen MR) is 101 cm³/mol. The molecule has 0 heterocycles. The molecule has 2 aromatic rings. The number of hydrogen-bond donors (Lipinski definition) is 0. The molecule has 0 aliphatic rings. The molecule has 0 spiro atoms. The lowest BCUT2D eigenvalue weighted by molar-refractivity contribution is -0.150. The molecule has 2 aromatic carbocycles. The third-order valence-corrected chi connectivity index (χ3v) is 4.06. The Morgan fingerprint density at radius 3 is 2.37 bits per heavy atom. The molecular formula is C20H18ClF3O6. The van der Waals surface area contributed by atoms with E-state index in [1.165, 1.54) is 32.2 Å². The van der Waals surface area contributed by atoms with E-state index in [9.17, 15) is 22.8 Å². The van der Waals surface area contributed by atoms with Gasteiger partial charge in [0.15, 0.2) is 6.10 Å². The zero-order valence-corrected chi connectivity index (χ0v) is 17.0. The van der Waals surface area contributed by atoms with Crippen molar-refractivity contribution in [1.29, 1.82) is 0 Å². The molecule has 0 aromatic heterocycles. The molecule has 30 heavy (non-hydrogen) atoms. The summed E-state index contributed by atoms with van der Waals surface area (Å²) in [5.41, 5.74) is -0.910. The molecule has 1 unspecified atom stereocenters. The van der Waals surface area contributed by atoms with Crippen LogP contribution in [0.1, 0.15) is 29.8 Å². The van der Waals surface area contributed by atoms with Crippen LogP contribution in [0.15, 0.2) is 36.4 Å². The van der Waals surface area contributed by atoms with E-state index in [1.54, 1.807) is 6.92 Å². The highest BCUT2D eigenvalue weighted by atomic mass is 35.5. The molecule has 0 saturated heterocycles. The number of alkyl halides is 3. The van der Waals surface area contributed by atoms with Crippen LogP contribution in [0.25, 0.3) is 0 Å². The molecule has 6 nitrogen and oxygen atoms in total. The van der Waals surface area contributed by atoms with Crippen LogP contribution in [0, 0.1) is 0 Å². The van der Waals surface area contributed by atoms with Crippen LogP contribution >= 0.6 is 11.6 Å². The number of rotatable bonds is 7. The van der Waals surface area contributed by atoms with E-state index in [1.807, 2.05) is 0 Å². The Morgan fingerprint density at radius 1 is 1.10 bits per heavy atom. The highest BCUT2D eigenvalue weighted by Crippen LogP contribution is 2.37. The molecule has 0 aliphatic carbocycles. The fraction of sp³-hybridized carbons (Fsp3) is 0.300. The summed E-state index contributed by atoms with van der Waals surface area (Å²) in [6, 6.07) is 6.62. The summed E-state index contributed by atoms with van der Waals surface area (Å²) in [6.07, 6.45) is -5.59. The van der Waals surface area contributed by atoms with Gasteiger partial charge in [0.05, 0.1) is 24.3 Å². The van der Waals surface area contributed by atoms with Crippen molar-refractivity contribution in [3.05, 3.63) is 52.5 Å². The Kier molecular flexibility index (Phi) is 7.55. The van der Waals surface area contributed by atoms with Gasteiger partial charge in [0.2, 0.25) is 0 Å². The minimum absolute atomic E-state index is 0.0134. The van der Waals surface area contributed by atoms with Crippen LogP contribution in [0.2, 0.25) is 5.02 Å². The van der Waals surface area contributed by atoms with Crippen LogP contribution < -0.4 is 9.47 Å². The molecule has 0 bridgehead atoms. The molecule has 0 aliphatic heterocycles. The number of methoxy groups -OCH3 is 1. The number of esters is 2. The number of hydrogen-bond acceptors (Lipinski definition) is 6. The molecular weight excluding hydrogens is 429 g/mol. The molecule has 1 atom stereocenters. The van der Waals surface area contributed by atoms with Gasteiger partial charge in [0.1, 0.15) is 22.8 Å². The zero-order chi connectivity index (χ0) is 22.5. The monoisotopic (exact) mass is 446 g/mol. The molecule has 0 N–H and O–H groups in total. The van der Waals surface area contributed by atoms with E-state index in [0.717, 1.165) is 18.2 Å². The second-order valence-electron chi connectivity index (χ2n) is 5.91. The van der Waals surface area contributed by atoms with Crippen molar-refractivity contribution in [2.75, 3.05) is 13.7 Å². The third kappa shape index (κ3) is 5.79. The van der Waals surface area contributed by atoms with Crippen molar-refractivity contribution < 1.29 is 41.7 Å². The standard InChI is InChI=1S/C20H18ClF3O6/c1-4-28-18(25)11(2)29-17-10-13(6-7-14(17)19(26)27-3)30-16-8-5-12(9-15(16)21)20(22,23)24/h5-11H,4H2,1-3H3. The number of carbonyl (C=O) groups is 2. The minimum atomic E-state index is -4.55. The van der Waals surface area contributed by atoms with Gasteiger partial charge in [-0.3, -0.25) is 0 Å². The average molecular weight is 447 g/mol. The molecule has 2 rings (SSSR count). The summed E-state index contributed by atoms with van der Waals surface area (Å²) in [7, 11) is 1.17. The van der Waals surface area contributed by atoms with Gasteiger partial charge < -0.3 is 18.9 Å². The number of ether oxygens (including phenoxy) is 4. The summed E-state index contributed by atoms with van der Waals surface area (Å²) >= 11 is 5.90. The van der Waals surface area contributed by atoms with E-state index in [-0.39, 0.29) is 34.4 Å². The second kappa shape index (κ2) is 9.71. The van der Waals surface area contributed by atoms with E-state index in [0.29, 0.717) is 0 Å². The summed E-state index contributed by atoms with van der Waals surface area (Å²) in [5.74, 6) is -1.34. The van der Waals surface area contributed by atoms with Crippen molar-refractivity contribution in [3.63, 3.8) is 0 Å². The smallest absolute Gasteiger partial charge is 0.416 e. The van der Waals surface area contributed by atoms with Crippen LogP contribution in [0.3, 0.4) is 0 Å². The van der Waals surface area contributed by atoms with Crippen LogP contribution in [-0.2, 0) is 20.4 Å². The molecule has 10 heteroatoms. The molecule has 0 radical (unpaired) electrons. The lowest BCUT2D eigenvalue weighted by Crippen LogP contribution is -2.26. The van der Waals surface area contributed by atoms with E-state index in [4.69, 9.17) is 25.8 Å². The first-order valence-electron chi connectivity index (χ1n) is 8.67. The summed E-state index contributed by atoms with van der Waals surface area (Å²) < 4.78 is 58.9. The Hall–Kier alpha value is -2.94. The van der Waals surface area contributed by atoms with Gasteiger partial charge in [0.25, 0.3) is 0 Å². The quantitative estimate of drug-likeness (QED) is 0.540. The lowest BCUT2D eigenvalue weighted by atomic mass is 10.2. The van der Waals surface area contributed by atoms with Crippen molar-refractivity contribution in [1.82, 2.24) is 0 Å². The molecule has 0 amide bonds. The zero-order valence-electron chi connectivity index (χ0n) is 16.2. The SMILES string of the molecule is CCOC(=O)C(C)Oc1cc(Oc2ccc(C(F)(F)F)cc2Cl)ccc1C(=O)OC. The van der Waals surface area contributed by atoms with Gasteiger partial charge in [-0.15, -0.1) is 0 Å². The first kappa shape index (κ1) is 23.3. The average Bonchev–Trinajstić information content (AvgIpc) is 2.68. The fourth-order valence-corrected chi connectivity index (χ4v) is 2.55. The van der Waals surface area contributed by atoms with Gasteiger partial charge in [-0.25, -0.2) is 9.59 Å². The fourth-order valence-electron chi connectivity index (χ4n) is 2.33. The van der Waals surface area contributed by atoms with Crippen LogP contribution in [-0.4, -0.2) is 31.8 Å². The highest BCUT2D eigenvalue weighted by molar-refractivity contribution is 6.32. The maximum Gasteiger partial charge on any atom is 0.416 e. The van der Waals surface area contributed by atoms with Gasteiger partial charge in [0, 0.05) is 6.07 Å². The highest BCUT2D eigenvalue weighted by Gasteiger charge is 2.31. The van der Waals surface area contributed by atoms with Crippen molar-refractivity contribution in [2.45, 2.75) is 26.1 Å². The Balaban J connectivity index is 2.33. The largest absolute Gasteiger partial charge is 0.478 e. The van der Waals surface area contributed by atoms with Crippen LogP contribution in [0.5, 0.6) is 17.2 Å². The van der Waals surface area contributed by atoms with Crippen molar-refractivity contribution >= 4 is 23.5 Å². The normalized spacial score (nSPS) is 12.1. The van der Waals surface area contributed by atoms with E-state index in [2.05, 4.69) is 4.74 Å². The van der Waals surface area contributed by atoms with Crippen molar-refractivity contribution in [2.24, 2.45) is 0 Å². The van der Waals surface area contributed by atoms with Gasteiger partial charge >= 0.3 is 18.1 Å². The Morgan fingerprint density at radius 2 is 1.80 bits per heavy atom. The number of benzene rings is 2. The van der Waals surface area contributed by atoms with Crippen LogP contribution in [0.4, 0.5) is 13.2 Å². The molecule has 162 valence electrons. The number of halogens is 4. The van der Waals surface area contributed by atoms with Gasteiger partial charge in [-0.05, 0) is 44.2 Å². The first-order valence-corrected chi connectivity index (χ1v) is 9.04. The maximum atomic E-state index is 12.8. The summed E-state index contributed by atoms with van der Waals surface area (Å²) in [4.78, 5) is 23.8. The first-order chi connectivity index (χ1) is 14.1. The Labute approximate surface area is 175 Å². The molecule has 0 fully saturated rings. The predicted octanol–water partition coefficient (Wildman–Crippen LogP) is 5.27. The maximum absolute atomic E-state index is 12.8. The second-order valence-corrected chi connectivity index (χ2v) is 6.31.